The maximum Gasteiger partial charge on any atom is 0.271 e. The van der Waals surface area contributed by atoms with E-state index in [0.29, 0.717) is 23.2 Å². The fourth-order valence-electron chi connectivity index (χ4n) is 2.76. The molecule has 0 atom stereocenters. The lowest BCUT2D eigenvalue weighted by molar-refractivity contribution is 0.0949. The number of hydrogen-bond acceptors (Lipinski definition) is 6. The molecule has 7 heteroatoms. The van der Waals surface area contributed by atoms with Gasteiger partial charge in [0, 0.05) is 20.1 Å². The van der Waals surface area contributed by atoms with Crippen LogP contribution in [0, 0.1) is 5.92 Å². The molecular formula is C19H21N5OS. The van der Waals surface area contributed by atoms with Crippen molar-refractivity contribution in [2.24, 2.45) is 5.92 Å². The molecule has 0 aliphatic heterocycles. The number of carbonyl (C=O) groups excluding carboxylic acids is 1. The van der Waals surface area contributed by atoms with Crippen LogP contribution in [0.15, 0.2) is 35.8 Å². The van der Waals surface area contributed by atoms with E-state index in [1.54, 1.807) is 5.51 Å². The summed E-state index contributed by atoms with van der Waals surface area (Å²) in [5, 5.41) is 3.00. The number of carbonyl (C=O) groups is 1. The lowest BCUT2D eigenvalue weighted by Crippen LogP contribution is -2.28. The predicted octanol–water partition coefficient (Wildman–Crippen LogP) is 2.91. The Balaban J connectivity index is 1.53. The number of fused-ring (bicyclic) bond motifs is 1. The Hall–Kier alpha value is -2.54. The van der Waals surface area contributed by atoms with Gasteiger partial charge in [-0.15, -0.1) is 11.3 Å². The number of nitrogens with zero attached hydrogens (tertiary/aromatic N) is 4. The summed E-state index contributed by atoms with van der Waals surface area (Å²) < 4.78 is 0.749. The highest BCUT2D eigenvalue weighted by molar-refractivity contribution is 7.17. The molecular weight excluding hydrogens is 346 g/mol. The molecule has 1 aliphatic rings. The van der Waals surface area contributed by atoms with Crippen LogP contribution in [0.2, 0.25) is 0 Å². The van der Waals surface area contributed by atoms with Crippen molar-refractivity contribution in [2.75, 3.05) is 25.0 Å². The lowest BCUT2D eigenvalue weighted by Gasteiger charge is -2.17. The number of aromatic nitrogens is 3. The van der Waals surface area contributed by atoms with E-state index in [0.717, 1.165) is 24.2 Å². The van der Waals surface area contributed by atoms with Crippen molar-refractivity contribution < 1.29 is 4.79 Å². The first-order valence-electron chi connectivity index (χ1n) is 8.85. The van der Waals surface area contributed by atoms with Crippen molar-refractivity contribution in [3.05, 3.63) is 47.1 Å². The Morgan fingerprint density at radius 1 is 1.27 bits per heavy atom. The minimum absolute atomic E-state index is 0.133. The second kappa shape index (κ2) is 7.37. The summed E-state index contributed by atoms with van der Waals surface area (Å²) in [4.78, 5) is 28.0. The van der Waals surface area contributed by atoms with Crippen LogP contribution in [0.3, 0.4) is 0 Å². The number of hydrogen-bond donors (Lipinski definition) is 1. The van der Waals surface area contributed by atoms with Gasteiger partial charge in [0.15, 0.2) is 11.3 Å². The Labute approximate surface area is 156 Å². The molecule has 0 unspecified atom stereocenters. The quantitative estimate of drug-likeness (QED) is 0.695. The molecule has 1 aliphatic carbocycles. The highest BCUT2D eigenvalue weighted by atomic mass is 32.1. The summed E-state index contributed by atoms with van der Waals surface area (Å²) in [6, 6.07) is 10.3. The number of likely N-dealkylation sites (N-methyl/N-ethyl adjacent to an activating group) is 1. The van der Waals surface area contributed by atoms with Crippen molar-refractivity contribution >= 4 is 33.5 Å². The van der Waals surface area contributed by atoms with Crippen molar-refractivity contribution in [3.8, 4) is 0 Å². The molecule has 1 saturated carbocycles. The molecule has 134 valence electrons. The third-order valence-corrected chi connectivity index (χ3v) is 5.39. The second-order valence-corrected chi connectivity index (χ2v) is 7.54. The van der Waals surface area contributed by atoms with Gasteiger partial charge in [-0.05, 0) is 30.7 Å². The average molecular weight is 367 g/mol. The minimum atomic E-state index is -0.133. The fraction of sp³-hybridized carbons (Fsp3) is 0.368. The molecule has 3 aromatic rings. The maximum atomic E-state index is 12.6. The van der Waals surface area contributed by atoms with Crippen LogP contribution < -0.4 is 10.2 Å². The van der Waals surface area contributed by atoms with Gasteiger partial charge in [-0.25, -0.2) is 9.97 Å². The molecule has 2 heterocycles. The van der Waals surface area contributed by atoms with Gasteiger partial charge < -0.3 is 10.2 Å². The Bertz CT molecular complexity index is 907. The van der Waals surface area contributed by atoms with Crippen molar-refractivity contribution in [3.63, 3.8) is 0 Å². The monoisotopic (exact) mass is 367 g/mol. The Morgan fingerprint density at radius 2 is 2.08 bits per heavy atom. The summed E-state index contributed by atoms with van der Waals surface area (Å²) in [5.74, 6) is 1.04. The van der Waals surface area contributed by atoms with Gasteiger partial charge in [0.1, 0.15) is 4.70 Å². The van der Waals surface area contributed by atoms with E-state index in [1.807, 2.05) is 30.1 Å². The van der Waals surface area contributed by atoms with E-state index in [-0.39, 0.29) is 5.91 Å². The first kappa shape index (κ1) is 16.9. The zero-order valence-corrected chi connectivity index (χ0v) is 15.5. The summed E-state index contributed by atoms with van der Waals surface area (Å²) in [6.07, 6.45) is 3.29. The summed E-state index contributed by atoms with van der Waals surface area (Å²) in [5.41, 5.74) is 3.99. The zero-order valence-electron chi connectivity index (χ0n) is 14.7. The van der Waals surface area contributed by atoms with Gasteiger partial charge in [0.2, 0.25) is 5.95 Å². The predicted molar refractivity (Wildman–Crippen MR) is 104 cm³/mol. The average Bonchev–Trinajstić information content (AvgIpc) is 3.39. The molecule has 1 fully saturated rings. The van der Waals surface area contributed by atoms with Crippen LogP contribution in [0.1, 0.15) is 28.9 Å². The minimum Gasteiger partial charge on any atom is -0.350 e. The number of amides is 1. The normalized spacial score (nSPS) is 13.7. The fourth-order valence-corrected chi connectivity index (χ4v) is 3.47. The lowest BCUT2D eigenvalue weighted by atomic mass is 10.1. The van der Waals surface area contributed by atoms with Crippen LogP contribution in [-0.4, -0.2) is 41.0 Å². The standard InChI is InChI=1S/C19H21N5OS/c1-24(10-9-13-5-3-2-4-6-13)19-22-15(16-17(23-19)21-12-26-16)18(25)20-11-14-7-8-14/h2-6,12,14H,7-11H2,1H3,(H,20,25). The SMILES string of the molecule is CN(CCc1ccccc1)c1nc(C(=O)NCC2CC2)c2scnc2n1. The van der Waals surface area contributed by atoms with E-state index in [1.165, 1.54) is 29.7 Å². The second-order valence-electron chi connectivity index (χ2n) is 6.69. The van der Waals surface area contributed by atoms with Crippen molar-refractivity contribution in [2.45, 2.75) is 19.3 Å². The largest absolute Gasteiger partial charge is 0.350 e. The summed E-state index contributed by atoms with van der Waals surface area (Å²) in [6.45, 7) is 1.49. The molecule has 0 bridgehead atoms. The molecule has 0 spiro atoms. The van der Waals surface area contributed by atoms with E-state index in [2.05, 4.69) is 32.4 Å². The first-order valence-corrected chi connectivity index (χ1v) is 9.73. The van der Waals surface area contributed by atoms with Gasteiger partial charge in [0.25, 0.3) is 5.91 Å². The van der Waals surface area contributed by atoms with Crippen LogP contribution in [0.5, 0.6) is 0 Å². The first-order chi connectivity index (χ1) is 12.7. The van der Waals surface area contributed by atoms with Gasteiger partial charge in [0.05, 0.1) is 5.51 Å². The Kier molecular flexibility index (Phi) is 4.79. The molecule has 1 N–H and O–H groups in total. The number of benzene rings is 1. The molecule has 1 aromatic carbocycles. The van der Waals surface area contributed by atoms with Crippen LogP contribution in [0.25, 0.3) is 10.3 Å². The molecule has 1 amide bonds. The van der Waals surface area contributed by atoms with Crippen LogP contribution in [-0.2, 0) is 6.42 Å². The van der Waals surface area contributed by atoms with E-state index in [9.17, 15) is 4.79 Å². The molecule has 6 nitrogen and oxygen atoms in total. The molecule has 0 radical (unpaired) electrons. The highest BCUT2D eigenvalue weighted by Crippen LogP contribution is 2.28. The number of anilines is 1. The van der Waals surface area contributed by atoms with E-state index < -0.39 is 0 Å². The topological polar surface area (TPSA) is 71.0 Å². The van der Waals surface area contributed by atoms with Crippen molar-refractivity contribution in [1.29, 1.82) is 0 Å². The van der Waals surface area contributed by atoms with Gasteiger partial charge in [-0.3, -0.25) is 4.79 Å². The molecule has 2 aromatic heterocycles. The zero-order chi connectivity index (χ0) is 17.9. The van der Waals surface area contributed by atoms with Gasteiger partial charge >= 0.3 is 0 Å². The number of thiazole rings is 1. The van der Waals surface area contributed by atoms with Gasteiger partial charge in [-0.2, -0.15) is 4.98 Å². The smallest absolute Gasteiger partial charge is 0.271 e. The summed E-state index contributed by atoms with van der Waals surface area (Å²) in [7, 11) is 1.95. The van der Waals surface area contributed by atoms with Crippen LogP contribution >= 0.6 is 11.3 Å². The van der Waals surface area contributed by atoms with E-state index >= 15 is 0 Å². The molecule has 0 saturated heterocycles. The Morgan fingerprint density at radius 3 is 2.85 bits per heavy atom. The van der Waals surface area contributed by atoms with Crippen LogP contribution in [0.4, 0.5) is 5.95 Å². The third kappa shape index (κ3) is 3.83. The van der Waals surface area contributed by atoms with E-state index in [4.69, 9.17) is 0 Å². The van der Waals surface area contributed by atoms with Gasteiger partial charge in [-0.1, -0.05) is 30.3 Å². The number of rotatable bonds is 7. The highest BCUT2D eigenvalue weighted by Gasteiger charge is 2.24. The van der Waals surface area contributed by atoms with Crippen molar-refractivity contribution in [1.82, 2.24) is 20.3 Å². The third-order valence-electron chi connectivity index (χ3n) is 4.56. The molecule has 4 rings (SSSR count). The summed E-state index contributed by atoms with van der Waals surface area (Å²) >= 11 is 1.41. The maximum absolute atomic E-state index is 12.6. The number of nitrogens with one attached hydrogen (secondary N) is 1. The molecule has 26 heavy (non-hydrogen) atoms.